The molecule has 0 bridgehead atoms. The Hall–Kier alpha value is -2.42. The zero-order chi connectivity index (χ0) is 15.5. The number of para-hydroxylation sites is 1. The van der Waals surface area contributed by atoms with Crippen LogP contribution >= 0.6 is 0 Å². The molecule has 0 fully saturated rings. The van der Waals surface area contributed by atoms with Crippen LogP contribution in [0.4, 0.5) is 0 Å². The van der Waals surface area contributed by atoms with Gasteiger partial charge in [-0.15, -0.1) is 0 Å². The van der Waals surface area contributed by atoms with E-state index in [-0.39, 0.29) is 11.9 Å². The lowest BCUT2D eigenvalue weighted by Gasteiger charge is -2.19. The molecular formula is C19H20N2O. The van der Waals surface area contributed by atoms with E-state index in [1.54, 1.807) is 0 Å². The highest BCUT2D eigenvalue weighted by Crippen LogP contribution is 2.20. The van der Waals surface area contributed by atoms with Crippen molar-refractivity contribution in [2.75, 3.05) is 0 Å². The molecule has 1 aliphatic carbocycles. The van der Waals surface area contributed by atoms with E-state index in [0.29, 0.717) is 5.56 Å². The first kappa shape index (κ1) is 14.5. The van der Waals surface area contributed by atoms with Crippen molar-refractivity contribution in [2.24, 2.45) is 0 Å². The summed E-state index contributed by atoms with van der Waals surface area (Å²) in [7, 11) is 0. The van der Waals surface area contributed by atoms with Gasteiger partial charge in [-0.05, 0) is 44.4 Å². The molecule has 2 aromatic rings. The summed E-state index contributed by atoms with van der Waals surface area (Å²) in [6, 6.07) is 9.68. The molecule has 3 nitrogen and oxygen atoms in total. The normalized spacial score (nSPS) is 15.5. The molecule has 22 heavy (non-hydrogen) atoms. The van der Waals surface area contributed by atoms with Crippen molar-refractivity contribution < 1.29 is 4.79 Å². The van der Waals surface area contributed by atoms with E-state index in [2.05, 4.69) is 28.5 Å². The first-order valence-corrected chi connectivity index (χ1v) is 7.66. The number of amides is 1. The molecule has 1 aliphatic rings. The Kier molecular flexibility index (Phi) is 4.05. The maximum Gasteiger partial charge on any atom is 0.252 e. The molecule has 0 unspecified atom stereocenters. The fraction of sp³-hybridized carbons (Fsp3) is 0.263. The smallest absolute Gasteiger partial charge is 0.252 e. The minimum atomic E-state index is -0.0374. The Morgan fingerprint density at radius 2 is 2.09 bits per heavy atom. The lowest BCUT2D eigenvalue weighted by atomic mass is 9.99. The summed E-state index contributed by atoms with van der Waals surface area (Å²) >= 11 is 0. The maximum absolute atomic E-state index is 12.7. The summed E-state index contributed by atoms with van der Waals surface area (Å²) in [5, 5.41) is 4.01. The summed E-state index contributed by atoms with van der Waals surface area (Å²) in [4.78, 5) is 17.2. The molecule has 1 aromatic heterocycles. The number of rotatable bonds is 3. The van der Waals surface area contributed by atoms with Crippen molar-refractivity contribution in [3.05, 3.63) is 65.4 Å². The van der Waals surface area contributed by atoms with Crippen LogP contribution < -0.4 is 5.32 Å². The van der Waals surface area contributed by atoms with Crippen LogP contribution in [0.2, 0.25) is 0 Å². The number of carbonyl (C=O) groups excluding carboxylic acids is 1. The third-order valence-corrected chi connectivity index (χ3v) is 4.03. The van der Waals surface area contributed by atoms with Crippen LogP contribution in [0.1, 0.15) is 35.8 Å². The summed E-state index contributed by atoms with van der Waals surface area (Å²) in [6.07, 6.45) is 8.37. The molecule has 0 saturated carbocycles. The molecule has 0 aliphatic heterocycles. The number of carbonyl (C=O) groups is 1. The van der Waals surface area contributed by atoms with Crippen LogP contribution in [0.15, 0.2) is 54.1 Å². The second-order valence-corrected chi connectivity index (χ2v) is 5.71. The quantitative estimate of drug-likeness (QED) is 0.871. The van der Waals surface area contributed by atoms with Gasteiger partial charge in [-0.2, -0.15) is 0 Å². The molecular weight excluding hydrogens is 272 g/mol. The number of allylic oxidation sites excluding steroid dienone is 3. The van der Waals surface area contributed by atoms with Gasteiger partial charge >= 0.3 is 0 Å². The van der Waals surface area contributed by atoms with Crippen molar-refractivity contribution >= 4 is 16.8 Å². The largest absolute Gasteiger partial charge is 0.346 e. The van der Waals surface area contributed by atoms with Crippen molar-refractivity contribution in [3.63, 3.8) is 0 Å². The van der Waals surface area contributed by atoms with Gasteiger partial charge in [-0.1, -0.05) is 36.4 Å². The number of hydrogen-bond donors (Lipinski definition) is 1. The lowest BCUT2D eigenvalue weighted by Crippen LogP contribution is -2.34. The molecule has 1 amide bonds. The summed E-state index contributed by atoms with van der Waals surface area (Å²) in [5.74, 6) is -0.0374. The van der Waals surface area contributed by atoms with Gasteiger partial charge in [0.05, 0.1) is 11.1 Å². The van der Waals surface area contributed by atoms with Gasteiger partial charge in [0.25, 0.3) is 5.91 Å². The highest BCUT2D eigenvalue weighted by atomic mass is 16.1. The molecule has 1 aromatic carbocycles. The number of hydrogen-bond acceptors (Lipinski definition) is 2. The summed E-state index contributed by atoms with van der Waals surface area (Å²) in [6.45, 7) is 3.96. The van der Waals surface area contributed by atoms with Crippen molar-refractivity contribution in [2.45, 2.75) is 32.7 Å². The van der Waals surface area contributed by atoms with E-state index in [9.17, 15) is 4.79 Å². The molecule has 1 N–H and O–H groups in total. The van der Waals surface area contributed by atoms with Gasteiger partial charge in [0.2, 0.25) is 0 Å². The SMILES string of the molecule is Cc1cc(C(=O)N[C@@H](C)C2=CCC=CC2)c2ccccc2n1. The van der Waals surface area contributed by atoms with Crippen LogP contribution in [-0.2, 0) is 0 Å². The van der Waals surface area contributed by atoms with Gasteiger partial charge in [-0.3, -0.25) is 9.78 Å². The molecule has 0 saturated heterocycles. The molecule has 0 radical (unpaired) electrons. The Morgan fingerprint density at radius 1 is 1.27 bits per heavy atom. The second-order valence-electron chi connectivity index (χ2n) is 5.71. The third kappa shape index (κ3) is 2.93. The first-order chi connectivity index (χ1) is 10.6. The van der Waals surface area contributed by atoms with Crippen molar-refractivity contribution in [1.82, 2.24) is 10.3 Å². The predicted molar refractivity (Wildman–Crippen MR) is 89.9 cm³/mol. The van der Waals surface area contributed by atoms with E-state index in [0.717, 1.165) is 29.4 Å². The fourth-order valence-corrected chi connectivity index (χ4v) is 2.83. The molecule has 0 spiro atoms. The number of fused-ring (bicyclic) bond motifs is 1. The molecule has 3 rings (SSSR count). The van der Waals surface area contributed by atoms with Crippen LogP contribution in [-0.4, -0.2) is 16.9 Å². The fourth-order valence-electron chi connectivity index (χ4n) is 2.83. The van der Waals surface area contributed by atoms with E-state index >= 15 is 0 Å². The highest BCUT2D eigenvalue weighted by molar-refractivity contribution is 6.06. The average molecular weight is 292 g/mol. The number of pyridine rings is 1. The lowest BCUT2D eigenvalue weighted by molar-refractivity contribution is 0.0946. The Bertz CT molecular complexity index is 774. The minimum Gasteiger partial charge on any atom is -0.346 e. The van der Waals surface area contributed by atoms with Crippen LogP contribution in [0.3, 0.4) is 0 Å². The Morgan fingerprint density at radius 3 is 2.86 bits per heavy atom. The first-order valence-electron chi connectivity index (χ1n) is 7.66. The minimum absolute atomic E-state index is 0.0374. The van der Waals surface area contributed by atoms with Gasteiger partial charge in [-0.25, -0.2) is 0 Å². The molecule has 112 valence electrons. The number of nitrogens with zero attached hydrogens (tertiary/aromatic N) is 1. The molecule has 1 atom stereocenters. The summed E-state index contributed by atoms with van der Waals surface area (Å²) in [5.41, 5.74) is 3.68. The zero-order valence-corrected chi connectivity index (χ0v) is 13.0. The van der Waals surface area contributed by atoms with Gasteiger partial charge in [0.1, 0.15) is 0 Å². The second kappa shape index (κ2) is 6.14. The van der Waals surface area contributed by atoms with E-state index < -0.39 is 0 Å². The monoisotopic (exact) mass is 292 g/mol. The van der Waals surface area contributed by atoms with Crippen molar-refractivity contribution in [1.29, 1.82) is 0 Å². The standard InChI is InChI=1S/C19H20N2O/c1-13-12-17(16-10-6-7-11-18(16)20-13)19(22)21-14(2)15-8-4-3-5-9-15/h3-4,6-7,9-12,14H,5,8H2,1-2H3,(H,21,22)/t14-/m0/s1. The van der Waals surface area contributed by atoms with E-state index in [1.165, 1.54) is 5.57 Å². The molecule has 1 heterocycles. The average Bonchev–Trinajstić information content (AvgIpc) is 2.54. The van der Waals surface area contributed by atoms with Gasteiger partial charge in [0, 0.05) is 17.1 Å². The van der Waals surface area contributed by atoms with Crippen molar-refractivity contribution in [3.8, 4) is 0 Å². The van der Waals surface area contributed by atoms with Crippen LogP contribution in [0.25, 0.3) is 10.9 Å². The van der Waals surface area contributed by atoms with Gasteiger partial charge < -0.3 is 5.32 Å². The predicted octanol–water partition coefficient (Wildman–Crippen LogP) is 3.94. The Labute approximate surface area is 130 Å². The number of aryl methyl sites for hydroxylation is 1. The number of benzene rings is 1. The molecule has 3 heteroatoms. The zero-order valence-electron chi connectivity index (χ0n) is 13.0. The summed E-state index contributed by atoms with van der Waals surface area (Å²) < 4.78 is 0. The number of nitrogens with one attached hydrogen (secondary N) is 1. The highest BCUT2D eigenvalue weighted by Gasteiger charge is 2.16. The Balaban J connectivity index is 1.87. The third-order valence-electron chi connectivity index (χ3n) is 4.03. The number of aromatic nitrogens is 1. The van der Waals surface area contributed by atoms with Crippen LogP contribution in [0.5, 0.6) is 0 Å². The van der Waals surface area contributed by atoms with Gasteiger partial charge in [0.15, 0.2) is 0 Å². The van der Waals surface area contributed by atoms with E-state index in [4.69, 9.17) is 0 Å². The van der Waals surface area contributed by atoms with E-state index in [1.807, 2.05) is 44.2 Å². The van der Waals surface area contributed by atoms with Crippen LogP contribution in [0, 0.1) is 6.92 Å². The maximum atomic E-state index is 12.7. The topological polar surface area (TPSA) is 42.0 Å².